The van der Waals surface area contributed by atoms with E-state index in [4.69, 9.17) is 14.2 Å². The first-order valence-corrected chi connectivity index (χ1v) is 12.0. The minimum absolute atomic E-state index is 0.0537. The number of pyridine rings is 1. The molecule has 5 heterocycles. The molecule has 3 aliphatic rings. The van der Waals surface area contributed by atoms with Crippen LogP contribution in [0.2, 0.25) is 0 Å². The van der Waals surface area contributed by atoms with Gasteiger partial charge in [0.25, 0.3) is 5.91 Å². The van der Waals surface area contributed by atoms with Gasteiger partial charge in [-0.1, -0.05) is 19.2 Å². The molecule has 2 aromatic heterocycles. The zero-order valence-electron chi connectivity index (χ0n) is 20.8. The Kier molecular flexibility index (Phi) is 6.66. The number of hydrogen-bond acceptors (Lipinski definition) is 10. The Balaban J connectivity index is 1.25. The molecule has 12 heteroatoms. The molecule has 2 aromatic rings. The van der Waals surface area contributed by atoms with E-state index in [1.807, 2.05) is 11.8 Å². The number of anilines is 3. The Hall–Kier alpha value is -4.19. The maximum absolute atomic E-state index is 12.8. The standard InChI is InChI=1S/C25H29N7O5/c1-5-16-10-26-24(35-4)29-23(16)31(15(2)3)9-8-30-11-17-12-32(25(34)37-19(17)13-30)20-7-6-18-22(27-20)28-21(33)14-36-18/h5-7,10,17,19H,1-2,8-9,11-14H2,3-4H3,(H,27,28,33)/t17?,19-/m1/s1. The van der Waals surface area contributed by atoms with Gasteiger partial charge in [0.2, 0.25) is 0 Å². The smallest absolute Gasteiger partial charge is 0.415 e. The van der Waals surface area contributed by atoms with Crippen LogP contribution in [0.4, 0.5) is 22.2 Å². The van der Waals surface area contributed by atoms with Gasteiger partial charge < -0.3 is 24.4 Å². The highest BCUT2D eigenvalue weighted by Gasteiger charge is 2.43. The van der Waals surface area contributed by atoms with Gasteiger partial charge in [-0.3, -0.25) is 14.6 Å². The lowest BCUT2D eigenvalue weighted by Gasteiger charge is -2.33. The molecular formula is C25H29N7O5. The molecule has 0 radical (unpaired) electrons. The molecule has 2 saturated heterocycles. The van der Waals surface area contributed by atoms with E-state index in [9.17, 15) is 9.59 Å². The molecule has 0 spiro atoms. The molecule has 194 valence electrons. The lowest BCUT2D eigenvalue weighted by molar-refractivity contribution is -0.118. The van der Waals surface area contributed by atoms with Crippen LogP contribution in [-0.4, -0.2) is 84.4 Å². The fraction of sp³-hybridized carbons (Fsp3) is 0.400. The second kappa shape index (κ2) is 10.1. The molecule has 2 amide bonds. The van der Waals surface area contributed by atoms with Crippen LogP contribution in [0.15, 0.2) is 37.2 Å². The summed E-state index contributed by atoms with van der Waals surface area (Å²) < 4.78 is 16.4. The van der Waals surface area contributed by atoms with Crippen molar-refractivity contribution < 1.29 is 23.8 Å². The van der Waals surface area contributed by atoms with E-state index in [-0.39, 0.29) is 30.5 Å². The molecule has 0 bridgehead atoms. The third-order valence-corrected chi connectivity index (χ3v) is 6.62. The predicted molar refractivity (Wildman–Crippen MR) is 137 cm³/mol. The van der Waals surface area contributed by atoms with Gasteiger partial charge in [0.05, 0.1) is 7.11 Å². The van der Waals surface area contributed by atoms with Gasteiger partial charge in [-0.15, -0.1) is 0 Å². The van der Waals surface area contributed by atoms with E-state index in [2.05, 4.69) is 38.3 Å². The predicted octanol–water partition coefficient (Wildman–Crippen LogP) is 2.15. The highest BCUT2D eigenvalue weighted by molar-refractivity contribution is 5.95. The monoisotopic (exact) mass is 507 g/mol. The largest absolute Gasteiger partial charge is 0.480 e. The number of nitrogens with one attached hydrogen (secondary N) is 1. The number of fused-ring (bicyclic) bond motifs is 2. The molecule has 2 fully saturated rings. The quantitative estimate of drug-likeness (QED) is 0.569. The zero-order chi connectivity index (χ0) is 26.1. The first-order valence-electron chi connectivity index (χ1n) is 12.0. The molecule has 3 aliphatic heterocycles. The summed E-state index contributed by atoms with van der Waals surface area (Å²) in [5, 5.41) is 2.68. The summed E-state index contributed by atoms with van der Waals surface area (Å²) >= 11 is 0. The number of likely N-dealkylation sites (tertiary alicyclic amines) is 1. The number of ether oxygens (including phenoxy) is 3. The maximum atomic E-state index is 12.8. The van der Waals surface area contributed by atoms with E-state index in [0.717, 1.165) is 17.8 Å². The lowest BCUT2D eigenvalue weighted by atomic mass is 10.0. The Morgan fingerprint density at radius 2 is 2.14 bits per heavy atom. The minimum Gasteiger partial charge on any atom is -0.480 e. The Morgan fingerprint density at radius 3 is 2.89 bits per heavy atom. The lowest BCUT2D eigenvalue weighted by Crippen LogP contribution is -2.48. The first-order chi connectivity index (χ1) is 17.9. The van der Waals surface area contributed by atoms with Crippen LogP contribution in [0.1, 0.15) is 12.5 Å². The van der Waals surface area contributed by atoms with Crippen molar-refractivity contribution in [3.05, 3.63) is 42.7 Å². The minimum atomic E-state index is -0.453. The SMILES string of the molecule is C=Cc1cnc(OC)nc1N(CCN1CC2CN(c3ccc4c(n3)NC(=O)CO4)C(=O)O[C@@H]2C1)C(=C)C. The Bertz CT molecular complexity index is 1250. The zero-order valence-corrected chi connectivity index (χ0v) is 20.8. The highest BCUT2D eigenvalue weighted by atomic mass is 16.6. The number of hydrogen-bond donors (Lipinski definition) is 1. The van der Waals surface area contributed by atoms with Crippen LogP contribution in [0.25, 0.3) is 6.08 Å². The summed E-state index contributed by atoms with van der Waals surface area (Å²) in [6.45, 7) is 13.0. The van der Waals surface area contributed by atoms with Crippen LogP contribution in [-0.2, 0) is 9.53 Å². The third-order valence-electron chi connectivity index (χ3n) is 6.62. The third kappa shape index (κ3) is 4.92. The Morgan fingerprint density at radius 1 is 1.30 bits per heavy atom. The van der Waals surface area contributed by atoms with Crippen LogP contribution in [0, 0.1) is 5.92 Å². The van der Waals surface area contributed by atoms with Crippen LogP contribution in [0.5, 0.6) is 11.8 Å². The summed E-state index contributed by atoms with van der Waals surface area (Å²) in [5.74, 6) is 1.70. The van der Waals surface area contributed by atoms with Crippen molar-refractivity contribution in [1.82, 2.24) is 19.9 Å². The average Bonchev–Trinajstić information content (AvgIpc) is 3.29. The van der Waals surface area contributed by atoms with Gasteiger partial charge in [-0.25, -0.2) is 14.8 Å². The fourth-order valence-electron chi connectivity index (χ4n) is 4.76. The Labute approximate surface area is 214 Å². The summed E-state index contributed by atoms with van der Waals surface area (Å²) in [4.78, 5) is 43.4. The normalized spacial score (nSPS) is 20.8. The molecule has 1 N–H and O–H groups in total. The van der Waals surface area contributed by atoms with Crippen molar-refractivity contribution in [2.75, 3.05) is 61.6 Å². The molecular weight excluding hydrogens is 478 g/mol. The van der Waals surface area contributed by atoms with Gasteiger partial charge in [0, 0.05) is 56.1 Å². The second-order valence-corrected chi connectivity index (χ2v) is 9.13. The van der Waals surface area contributed by atoms with Gasteiger partial charge in [-0.05, 0) is 19.1 Å². The summed E-state index contributed by atoms with van der Waals surface area (Å²) in [5.41, 5.74) is 1.61. The number of carbonyl (C=O) groups excluding carboxylic acids is 2. The molecule has 12 nitrogen and oxygen atoms in total. The molecule has 0 aliphatic carbocycles. The highest BCUT2D eigenvalue weighted by Crippen LogP contribution is 2.33. The van der Waals surface area contributed by atoms with Gasteiger partial charge in [0.1, 0.15) is 17.7 Å². The van der Waals surface area contributed by atoms with E-state index in [1.54, 1.807) is 24.4 Å². The summed E-state index contributed by atoms with van der Waals surface area (Å²) in [7, 11) is 1.53. The van der Waals surface area contributed by atoms with Crippen molar-refractivity contribution in [2.45, 2.75) is 13.0 Å². The summed E-state index contributed by atoms with van der Waals surface area (Å²) in [6, 6.07) is 3.67. The molecule has 0 saturated carbocycles. The van der Waals surface area contributed by atoms with Crippen molar-refractivity contribution in [3.63, 3.8) is 0 Å². The van der Waals surface area contributed by atoms with Crippen LogP contribution >= 0.6 is 0 Å². The second-order valence-electron chi connectivity index (χ2n) is 9.13. The molecule has 2 atom stereocenters. The number of aromatic nitrogens is 3. The summed E-state index contributed by atoms with van der Waals surface area (Å²) in [6.07, 6.45) is 2.72. The van der Waals surface area contributed by atoms with E-state index in [1.165, 1.54) is 12.0 Å². The number of amides is 2. The number of allylic oxidation sites excluding steroid dienone is 1. The van der Waals surface area contributed by atoms with Crippen molar-refractivity contribution in [3.8, 4) is 11.8 Å². The van der Waals surface area contributed by atoms with Crippen LogP contribution in [0.3, 0.4) is 0 Å². The van der Waals surface area contributed by atoms with Crippen LogP contribution < -0.4 is 24.6 Å². The van der Waals surface area contributed by atoms with E-state index in [0.29, 0.717) is 49.4 Å². The van der Waals surface area contributed by atoms with Gasteiger partial charge in [0.15, 0.2) is 18.2 Å². The number of carbonyl (C=O) groups is 2. The fourth-order valence-corrected chi connectivity index (χ4v) is 4.76. The number of methoxy groups -OCH3 is 1. The topological polar surface area (TPSA) is 122 Å². The van der Waals surface area contributed by atoms with Crippen molar-refractivity contribution in [2.24, 2.45) is 5.92 Å². The number of rotatable bonds is 8. The van der Waals surface area contributed by atoms with Crippen molar-refractivity contribution >= 4 is 35.5 Å². The maximum Gasteiger partial charge on any atom is 0.415 e. The van der Waals surface area contributed by atoms with E-state index < -0.39 is 6.09 Å². The molecule has 37 heavy (non-hydrogen) atoms. The van der Waals surface area contributed by atoms with Gasteiger partial charge >= 0.3 is 12.1 Å². The molecule has 5 rings (SSSR count). The first kappa shape index (κ1) is 24.5. The average molecular weight is 508 g/mol. The molecule has 0 aromatic carbocycles. The molecule has 1 unspecified atom stereocenters. The van der Waals surface area contributed by atoms with E-state index >= 15 is 0 Å². The number of nitrogens with zero attached hydrogens (tertiary/aromatic N) is 6. The van der Waals surface area contributed by atoms with Crippen molar-refractivity contribution in [1.29, 1.82) is 0 Å². The van der Waals surface area contributed by atoms with Gasteiger partial charge in [-0.2, -0.15) is 4.98 Å².